The molecule has 2 aromatic carbocycles. The molecular formula is C23H25N4O4+. The number of para-hydroxylation sites is 1. The minimum Gasteiger partial charge on any atom is -0.465 e. The highest BCUT2D eigenvalue weighted by atomic mass is 16.6. The molecule has 1 aliphatic rings. The standard InChI is InChI=1S/C23H24N4O4/c1-16-19-5-3-4-6-20(19)24-21(22(16)23(28)31-2)15-25-11-13-26(14-12-25)17-7-9-18(10-8-17)27(29)30/h3-10H,11-15H2,1-2H3/p+1. The Hall–Kier alpha value is -3.52. The van der Waals surface area contributed by atoms with Gasteiger partial charge < -0.3 is 14.5 Å². The number of nitrogens with zero attached hydrogens (tertiary/aromatic N) is 3. The van der Waals surface area contributed by atoms with Crippen LogP contribution in [0.5, 0.6) is 0 Å². The Morgan fingerprint density at radius 3 is 2.48 bits per heavy atom. The number of ether oxygens (including phenoxy) is 1. The van der Waals surface area contributed by atoms with Crippen LogP contribution >= 0.6 is 0 Å². The van der Waals surface area contributed by atoms with Crippen molar-refractivity contribution in [1.82, 2.24) is 4.98 Å². The van der Waals surface area contributed by atoms with Crippen LogP contribution in [0.1, 0.15) is 21.6 Å². The number of benzene rings is 2. The molecule has 0 unspecified atom stereocenters. The molecule has 1 aliphatic heterocycles. The molecule has 2 heterocycles. The van der Waals surface area contributed by atoms with E-state index < -0.39 is 0 Å². The van der Waals surface area contributed by atoms with Gasteiger partial charge in [0.05, 0.1) is 49.3 Å². The maximum Gasteiger partial charge on any atom is 0.340 e. The Labute approximate surface area is 180 Å². The zero-order valence-electron chi connectivity index (χ0n) is 17.6. The number of carbonyl (C=O) groups is 1. The third kappa shape index (κ3) is 4.20. The first-order valence-electron chi connectivity index (χ1n) is 10.3. The number of carbonyl (C=O) groups excluding carboxylic acids is 1. The normalized spacial score (nSPS) is 14.6. The molecule has 160 valence electrons. The summed E-state index contributed by atoms with van der Waals surface area (Å²) in [6, 6.07) is 14.5. The van der Waals surface area contributed by atoms with Crippen LogP contribution in [0.4, 0.5) is 11.4 Å². The van der Waals surface area contributed by atoms with Crippen LogP contribution in [0.25, 0.3) is 10.9 Å². The zero-order valence-corrected chi connectivity index (χ0v) is 17.6. The number of esters is 1. The minimum absolute atomic E-state index is 0.0982. The second-order valence-electron chi connectivity index (χ2n) is 7.75. The van der Waals surface area contributed by atoms with Gasteiger partial charge in [0.25, 0.3) is 5.69 Å². The number of aryl methyl sites for hydroxylation is 1. The monoisotopic (exact) mass is 421 g/mol. The number of non-ortho nitro benzene ring substituents is 1. The number of aromatic nitrogens is 1. The van der Waals surface area contributed by atoms with Crippen molar-refractivity contribution in [3.63, 3.8) is 0 Å². The molecule has 3 aromatic rings. The molecule has 0 atom stereocenters. The van der Waals surface area contributed by atoms with Gasteiger partial charge in [0, 0.05) is 23.2 Å². The molecule has 0 amide bonds. The highest BCUT2D eigenvalue weighted by molar-refractivity contribution is 5.98. The predicted molar refractivity (Wildman–Crippen MR) is 118 cm³/mol. The van der Waals surface area contributed by atoms with E-state index in [-0.39, 0.29) is 16.6 Å². The van der Waals surface area contributed by atoms with Crippen LogP contribution in [-0.4, -0.2) is 49.2 Å². The van der Waals surface area contributed by atoms with Gasteiger partial charge in [0.15, 0.2) is 0 Å². The molecule has 31 heavy (non-hydrogen) atoms. The van der Waals surface area contributed by atoms with Gasteiger partial charge in [-0.3, -0.25) is 10.1 Å². The van der Waals surface area contributed by atoms with Crippen molar-refractivity contribution in [3.8, 4) is 0 Å². The second kappa shape index (κ2) is 8.69. The van der Waals surface area contributed by atoms with Gasteiger partial charge in [0.2, 0.25) is 0 Å². The Bertz CT molecular complexity index is 1120. The van der Waals surface area contributed by atoms with E-state index in [0.717, 1.165) is 54.0 Å². The van der Waals surface area contributed by atoms with Crippen LogP contribution in [0.3, 0.4) is 0 Å². The topological polar surface area (TPSA) is 90.0 Å². The number of piperazine rings is 1. The Morgan fingerprint density at radius 1 is 1.16 bits per heavy atom. The number of anilines is 1. The summed E-state index contributed by atoms with van der Waals surface area (Å²) >= 11 is 0. The third-order valence-corrected chi connectivity index (χ3v) is 5.93. The first-order chi connectivity index (χ1) is 15.0. The van der Waals surface area contributed by atoms with Gasteiger partial charge in [-0.25, -0.2) is 9.78 Å². The molecule has 8 heteroatoms. The lowest BCUT2D eigenvalue weighted by Gasteiger charge is -2.33. The maximum atomic E-state index is 12.5. The summed E-state index contributed by atoms with van der Waals surface area (Å²) in [5.41, 5.74) is 4.19. The number of hydrogen-bond donors (Lipinski definition) is 1. The van der Waals surface area contributed by atoms with Crippen molar-refractivity contribution in [2.75, 3.05) is 38.2 Å². The fourth-order valence-electron chi connectivity index (χ4n) is 4.22. The molecule has 0 aliphatic carbocycles. The van der Waals surface area contributed by atoms with E-state index in [1.165, 1.54) is 12.0 Å². The van der Waals surface area contributed by atoms with Crippen LogP contribution in [0.2, 0.25) is 0 Å². The highest BCUT2D eigenvalue weighted by Gasteiger charge is 2.26. The second-order valence-corrected chi connectivity index (χ2v) is 7.75. The molecule has 1 saturated heterocycles. The van der Waals surface area contributed by atoms with Crippen LogP contribution in [-0.2, 0) is 11.3 Å². The summed E-state index contributed by atoms with van der Waals surface area (Å²) < 4.78 is 5.05. The molecule has 0 saturated carbocycles. The van der Waals surface area contributed by atoms with Crippen LogP contribution in [0, 0.1) is 17.0 Å². The molecule has 1 fully saturated rings. The lowest BCUT2D eigenvalue weighted by Crippen LogP contribution is -3.13. The van der Waals surface area contributed by atoms with Gasteiger partial charge in [-0.05, 0) is 30.7 Å². The highest BCUT2D eigenvalue weighted by Crippen LogP contribution is 2.24. The average Bonchev–Trinajstić information content (AvgIpc) is 2.79. The van der Waals surface area contributed by atoms with Crippen LogP contribution < -0.4 is 9.80 Å². The van der Waals surface area contributed by atoms with E-state index in [4.69, 9.17) is 9.72 Å². The number of fused-ring (bicyclic) bond motifs is 1. The van der Waals surface area contributed by atoms with E-state index in [9.17, 15) is 14.9 Å². The smallest absolute Gasteiger partial charge is 0.340 e. The molecule has 0 bridgehead atoms. The summed E-state index contributed by atoms with van der Waals surface area (Å²) in [6.07, 6.45) is 0. The van der Waals surface area contributed by atoms with Crippen molar-refractivity contribution in [1.29, 1.82) is 0 Å². The van der Waals surface area contributed by atoms with E-state index in [1.54, 1.807) is 24.3 Å². The molecule has 0 radical (unpaired) electrons. The zero-order chi connectivity index (χ0) is 22.0. The van der Waals surface area contributed by atoms with E-state index in [2.05, 4.69) is 4.90 Å². The number of rotatable bonds is 5. The first-order valence-corrected chi connectivity index (χ1v) is 10.3. The fraction of sp³-hybridized carbons (Fsp3) is 0.304. The minimum atomic E-state index is -0.386. The lowest BCUT2D eigenvalue weighted by molar-refractivity contribution is -0.914. The first kappa shape index (κ1) is 20.7. The summed E-state index contributed by atoms with van der Waals surface area (Å²) in [5.74, 6) is -0.352. The van der Waals surface area contributed by atoms with Gasteiger partial charge in [-0.15, -0.1) is 0 Å². The summed E-state index contributed by atoms with van der Waals surface area (Å²) in [4.78, 5) is 31.4. The number of methoxy groups -OCH3 is 1. The maximum absolute atomic E-state index is 12.5. The third-order valence-electron chi connectivity index (χ3n) is 5.93. The van der Waals surface area contributed by atoms with Crippen molar-refractivity contribution >= 4 is 28.2 Å². The van der Waals surface area contributed by atoms with E-state index in [1.807, 2.05) is 31.2 Å². The Balaban J connectivity index is 1.51. The van der Waals surface area contributed by atoms with Crippen molar-refractivity contribution in [3.05, 3.63) is 75.5 Å². The number of pyridine rings is 1. The Kier molecular flexibility index (Phi) is 5.81. The average molecular weight is 421 g/mol. The number of quaternary nitrogens is 1. The van der Waals surface area contributed by atoms with E-state index >= 15 is 0 Å². The molecule has 8 nitrogen and oxygen atoms in total. The summed E-state index contributed by atoms with van der Waals surface area (Å²) in [5, 5.41) is 11.8. The summed E-state index contributed by atoms with van der Waals surface area (Å²) in [7, 11) is 1.40. The van der Waals surface area contributed by atoms with Crippen LogP contribution in [0.15, 0.2) is 48.5 Å². The molecular weight excluding hydrogens is 396 g/mol. The van der Waals surface area contributed by atoms with Gasteiger partial charge in [0.1, 0.15) is 12.2 Å². The SMILES string of the molecule is COC(=O)c1c(C[NH+]2CCN(c3ccc([N+](=O)[O-])cc3)CC2)nc2ccccc2c1C. The largest absolute Gasteiger partial charge is 0.465 e. The Morgan fingerprint density at radius 2 is 1.84 bits per heavy atom. The summed E-state index contributed by atoms with van der Waals surface area (Å²) in [6.45, 7) is 6.00. The fourth-order valence-corrected chi connectivity index (χ4v) is 4.22. The number of nitro groups is 1. The van der Waals surface area contributed by atoms with Gasteiger partial charge in [-0.1, -0.05) is 18.2 Å². The van der Waals surface area contributed by atoms with Crippen molar-refractivity contribution in [2.45, 2.75) is 13.5 Å². The van der Waals surface area contributed by atoms with Crippen molar-refractivity contribution in [2.24, 2.45) is 0 Å². The number of nitrogens with one attached hydrogen (secondary N) is 1. The molecule has 1 N–H and O–H groups in total. The molecule has 0 spiro atoms. The molecule has 4 rings (SSSR count). The number of nitro benzene ring substituents is 1. The number of hydrogen-bond acceptors (Lipinski definition) is 6. The van der Waals surface area contributed by atoms with Crippen molar-refractivity contribution < 1.29 is 19.4 Å². The molecule has 1 aromatic heterocycles. The predicted octanol–water partition coefficient (Wildman–Crippen LogP) is 2.14. The lowest BCUT2D eigenvalue weighted by atomic mass is 10.0. The van der Waals surface area contributed by atoms with Gasteiger partial charge in [-0.2, -0.15) is 0 Å². The van der Waals surface area contributed by atoms with E-state index in [0.29, 0.717) is 12.1 Å². The quantitative estimate of drug-likeness (QED) is 0.386. The van der Waals surface area contributed by atoms with Gasteiger partial charge >= 0.3 is 5.97 Å².